The van der Waals surface area contributed by atoms with E-state index in [-0.39, 0.29) is 29.1 Å². The lowest BCUT2D eigenvalue weighted by Gasteiger charge is -2.34. The SMILES string of the molecule is Cn1cc(-c2ccc(CCOCCC(=O)N(CCNCCc3ccc(O)c4c3OCC(=O)N4)C3CCCCC3)cc2)cn1.O=S(=O)(O)c1ccccc1. The van der Waals surface area contributed by atoms with Gasteiger partial charge in [0.25, 0.3) is 16.0 Å². The maximum Gasteiger partial charge on any atom is 0.294 e. The van der Waals surface area contributed by atoms with Gasteiger partial charge in [-0.3, -0.25) is 18.8 Å². The van der Waals surface area contributed by atoms with Crippen molar-refractivity contribution in [3.63, 3.8) is 0 Å². The number of hydrogen-bond acceptors (Lipinski definition) is 9. The average molecular weight is 748 g/mol. The van der Waals surface area contributed by atoms with Crippen molar-refractivity contribution in [3.05, 3.63) is 90.3 Å². The number of anilines is 1. The number of nitrogens with zero attached hydrogens (tertiary/aromatic N) is 3. The highest BCUT2D eigenvalue weighted by Gasteiger charge is 2.25. The number of nitrogens with one attached hydrogen (secondary N) is 2. The van der Waals surface area contributed by atoms with Crippen LogP contribution in [0.15, 0.2) is 84.0 Å². The number of phenolic OH excluding ortho intramolecular Hbond substituents is 1. The summed E-state index contributed by atoms with van der Waals surface area (Å²) in [5, 5.41) is 20.5. The molecule has 0 bridgehead atoms. The molecule has 0 radical (unpaired) electrons. The van der Waals surface area contributed by atoms with Gasteiger partial charge in [0, 0.05) is 37.9 Å². The standard InChI is InChI=1S/C33H43N5O5.C6H6O3S/c1-37-22-27(21-35-37)25-9-7-24(8-10-25)14-19-42-20-15-31(41)38(28-5-3-2-4-6-28)18-17-34-16-13-26-11-12-29(39)32-33(26)43-23-30(40)36-32;7-10(8,9)6-4-2-1-3-5-6/h7-12,21-22,28,34,39H,2-6,13-20,23H2,1H3,(H,36,40);1-5H,(H,7,8,9). The Kier molecular flexibility index (Phi) is 14.4. The number of phenols is 1. The lowest BCUT2D eigenvalue weighted by Crippen LogP contribution is -2.45. The summed E-state index contributed by atoms with van der Waals surface area (Å²) in [6.07, 6.45) is 11.4. The molecule has 2 heterocycles. The number of benzene rings is 3. The van der Waals surface area contributed by atoms with E-state index < -0.39 is 10.1 Å². The number of carbonyl (C=O) groups excluding carboxylic acids is 2. The molecule has 13 nitrogen and oxygen atoms in total. The Morgan fingerprint density at radius 2 is 1.75 bits per heavy atom. The van der Waals surface area contributed by atoms with Gasteiger partial charge >= 0.3 is 0 Å². The molecule has 0 saturated heterocycles. The van der Waals surface area contributed by atoms with Crippen molar-refractivity contribution in [2.45, 2.75) is 62.3 Å². The Balaban J connectivity index is 0.000000469. The molecule has 284 valence electrons. The highest BCUT2D eigenvalue weighted by atomic mass is 32.2. The number of amides is 2. The second-order valence-electron chi connectivity index (χ2n) is 13.2. The van der Waals surface area contributed by atoms with Crippen LogP contribution in [0, 0.1) is 0 Å². The van der Waals surface area contributed by atoms with Gasteiger partial charge in [-0.25, -0.2) is 0 Å². The van der Waals surface area contributed by atoms with E-state index in [4.69, 9.17) is 14.0 Å². The van der Waals surface area contributed by atoms with Crippen LogP contribution in [-0.4, -0.2) is 90.1 Å². The minimum Gasteiger partial charge on any atom is -0.506 e. The number of aromatic hydroxyl groups is 1. The molecule has 1 fully saturated rings. The normalized spacial score (nSPS) is 14.3. The van der Waals surface area contributed by atoms with Crippen LogP contribution in [0.1, 0.15) is 49.7 Å². The van der Waals surface area contributed by atoms with Crippen LogP contribution in [-0.2, 0) is 44.3 Å². The Hall–Kier alpha value is -4.76. The Bertz CT molecular complexity index is 1890. The van der Waals surface area contributed by atoms with E-state index in [9.17, 15) is 23.1 Å². The fourth-order valence-corrected chi connectivity index (χ4v) is 6.99. The minimum atomic E-state index is -4.00. The van der Waals surface area contributed by atoms with Gasteiger partial charge in [0.15, 0.2) is 12.4 Å². The minimum absolute atomic E-state index is 0.000764. The number of rotatable bonds is 15. The van der Waals surface area contributed by atoms with Crippen LogP contribution in [0.5, 0.6) is 11.5 Å². The third kappa shape index (κ3) is 11.9. The number of aromatic nitrogens is 2. The summed E-state index contributed by atoms with van der Waals surface area (Å²) in [6, 6.07) is 19.6. The molecule has 2 aliphatic rings. The largest absolute Gasteiger partial charge is 0.506 e. The molecular weight excluding hydrogens is 699 g/mol. The van der Waals surface area contributed by atoms with Crippen molar-refractivity contribution in [2.75, 3.05) is 44.8 Å². The monoisotopic (exact) mass is 747 g/mol. The van der Waals surface area contributed by atoms with Gasteiger partial charge in [0.1, 0.15) is 11.4 Å². The quantitative estimate of drug-likeness (QED) is 0.0737. The molecule has 3 aromatic carbocycles. The molecule has 6 rings (SSSR count). The second kappa shape index (κ2) is 19.4. The summed E-state index contributed by atoms with van der Waals surface area (Å²) in [6.45, 7) is 2.99. The molecule has 2 amide bonds. The maximum absolute atomic E-state index is 13.3. The fraction of sp³-hybridized carbons (Fsp3) is 0.410. The molecule has 4 aromatic rings. The van der Waals surface area contributed by atoms with Gasteiger partial charge in [-0.05, 0) is 67.1 Å². The molecular formula is C39H49N5O8S. The Morgan fingerprint density at radius 3 is 2.43 bits per heavy atom. The Morgan fingerprint density at radius 1 is 1.00 bits per heavy atom. The van der Waals surface area contributed by atoms with Crippen molar-refractivity contribution < 1.29 is 37.1 Å². The third-order valence-electron chi connectivity index (χ3n) is 9.29. The van der Waals surface area contributed by atoms with Gasteiger partial charge in [-0.15, -0.1) is 0 Å². The molecule has 14 heteroatoms. The first-order valence-electron chi connectivity index (χ1n) is 18.0. The van der Waals surface area contributed by atoms with Crippen LogP contribution in [0.3, 0.4) is 0 Å². The smallest absolute Gasteiger partial charge is 0.294 e. The van der Waals surface area contributed by atoms with Crippen LogP contribution in [0.25, 0.3) is 11.1 Å². The first-order chi connectivity index (χ1) is 25.6. The molecule has 1 aliphatic heterocycles. The van der Waals surface area contributed by atoms with Crippen molar-refractivity contribution in [2.24, 2.45) is 7.05 Å². The van der Waals surface area contributed by atoms with E-state index in [0.717, 1.165) is 36.0 Å². The Labute approximate surface area is 311 Å². The number of hydrogen-bond donors (Lipinski definition) is 4. The second-order valence-corrected chi connectivity index (χ2v) is 14.6. The lowest BCUT2D eigenvalue weighted by atomic mass is 9.94. The molecule has 1 aliphatic carbocycles. The van der Waals surface area contributed by atoms with E-state index in [1.54, 1.807) is 28.9 Å². The van der Waals surface area contributed by atoms with E-state index in [1.807, 2.05) is 25.5 Å². The summed E-state index contributed by atoms with van der Waals surface area (Å²) in [7, 11) is -2.09. The number of fused-ring (bicyclic) bond motifs is 1. The van der Waals surface area contributed by atoms with Crippen molar-refractivity contribution in [3.8, 4) is 22.6 Å². The first kappa shape index (κ1) is 39.4. The van der Waals surface area contributed by atoms with Crippen LogP contribution in [0.4, 0.5) is 5.69 Å². The van der Waals surface area contributed by atoms with Gasteiger partial charge in [-0.2, -0.15) is 13.5 Å². The van der Waals surface area contributed by atoms with Crippen LogP contribution in [0.2, 0.25) is 0 Å². The molecule has 1 aromatic heterocycles. The molecule has 0 spiro atoms. The zero-order valence-corrected chi connectivity index (χ0v) is 30.9. The molecule has 0 atom stereocenters. The highest BCUT2D eigenvalue weighted by molar-refractivity contribution is 7.85. The number of carbonyl (C=O) groups is 2. The van der Waals surface area contributed by atoms with E-state index >= 15 is 0 Å². The van der Waals surface area contributed by atoms with Crippen LogP contribution < -0.4 is 15.4 Å². The van der Waals surface area contributed by atoms with Gasteiger partial charge in [0.05, 0.1) is 30.7 Å². The van der Waals surface area contributed by atoms with E-state index in [0.29, 0.717) is 63.2 Å². The highest BCUT2D eigenvalue weighted by Crippen LogP contribution is 2.39. The molecule has 53 heavy (non-hydrogen) atoms. The maximum atomic E-state index is 13.3. The van der Waals surface area contributed by atoms with Crippen molar-refractivity contribution >= 4 is 27.6 Å². The van der Waals surface area contributed by atoms with Crippen molar-refractivity contribution in [1.29, 1.82) is 0 Å². The van der Waals surface area contributed by atoms with E-state index in [2.05, 4.69) is 44.9 Å². The van der Waals surface area contributed by atoms with Gasteiger partial charge in [-0.1, -0.05) is 67.8 Å². The average Bonchev–Trinajstić information content (AvgIpc) is 3.60. The number of aryl methyl sites for hydroxylation is 1. The molecule has 0 unspecified atom stereocenters. The van der Waals surface area contributed by atoms with Crippen LogP contribution >= 0.6 is 0 Å². The number of ether oxygens (including phenoxy) is 2. The summed E-state index contributed by atoms with van der Waals surface area (Å²) in [4.78, 5) is 26.9. The molecule has 1 saturated carbocycles. The lowest BCUT2D eigenvalue weighted by molar-refractivity contribution is -0.135. The molecule has 4 N–H and O–H groups in total. The van der Waals surface area contributed by atoms with Crippen molar-refractivity contribution in [1.82, 2.24) is 20.0 Å². The topological polar surface area (TPSA) is 172 Å². The zero-order chi connectivity index (χ0) is 37.6. The third-order valence-corrected chi connectivity index (χ3v) is 10.2. The summed E-state index contributed by atoms with van der Waals surface area (Å²) >= 11 is 0. The summed E-state index contributed by atoms with van der Waals surface area (Å²) in [5.41, 5.74) is 4.70. The predicted octanol–water partition coefficient (Wildman–Crippen LogP) is 5.00. The van der Waals surface area contributed by atoms with E-state index in [1.165, 1.54) is 37.0 Å². The predicted molar refractivity (Wildman–Crippen MR) is 201 cm³/mol. The van der Waals surface area contributed by atoms with Gasteiger partial charge < -0.3 is 30.1 Å². The fourth-order valence-electron chi connectivity index (χ4n) is 6.48. The first-order valence-corrected chi connectivity index (χ1v) is 19.5. The zero-order valence-electron chi connectivity index (χ0n) is 30.1. The summed E-state index contributed by atoms with van der Waals surface area (Å²) in [5.74, 6) is 0.414. The summed E-state index contributed by atoms with van der Waals surface area (Å²) < 4.78 is 42.5. The van der Waals surface area contributed by atoms with Gasteiger partial charge in [0.2, 0.25) is 5.91 Å².